The zero-order valence-corrected chi connectivity index (χ0v) is 19.1. The number of rotatable bonds is 4. The van der Waals surface area contributed by atoms with Crippen molar-refractivity contribution in [2.75, 3.05) is 0 Å². The third-order valence-electron chi connectivity index (χ3n) is 7.27. The van der Waals surface area contributed by atoms with Crippen molar-refractivity contribution in [3.8, 4) is 33.6 Å². The molecule has 1 saturated carbocycles. The minimum Gasteiger partial charge on any atom is -0.321 e. The minimum absolute atomic E-state index is 0.178. The number of nitrogens with one attached hydrogen (secondary N) is 1. The molecule has 6 aromatic rings. The average Bonchev–Trinajstić information content (AvgIpc) is 3.55. The van der Waals surface area contributed by atoms with E-state index in [2.05, 4.69) is 77.1 Å². The highest BCUT2D eigenvalue weighted by molar-refractivity contribution is 5.96. The molecule has 3 heterocycles. The molecular formula is C29H24N6. The topological polar surface area (TPSA) is 84.9 Å². The summed E-state index contributed by atoms with van der Waals surface area (Å²) in [5.74, 6) is 0. The van der Waals surface area contributed by atoms with Crippen LogP contribution < -0.4 is 5.73 Å². The van der Waals surface area contributed by atoms with E-state index in [1.165, 1.54) is 12.0 Å². The SMILES string of the molecule is NC1(c2ccc(-c3nc4c5cc(-c6ccn[nH]6)ccc5nn4cc3-c3ccccc3)cc2)CCC1. The number of fused-ring (bicyclic) bond motifs is 3. The van der Waals surface area contributed by atoms with Crippen LogP contribution in [0, 0.1) is 0 Å². The summed E-state index contributed by atoms with van der Waals surface area (Å²) in [5, 5.41) is 13.0. The maximum absolute atomic E-state index is 6.58. The predicted octanol–water partition coefficient (Wildman–Crippen LogP) is 5.94. The van der Waals surface area contributed by atoms with E-state index in [9.17, 15) is 0 Å². The molecule has 1 aliphatic carbocycles. The standard InChI is InChI=1S/C29H24N6/c30-29(14-4-15-29)22-10-7-20(8-11-22)27-24(19-5-2-1-3-6-19)18-35-28(32-27)23-17-21(9-12-26(23)34-35)25-13-16-31-33-25/h1-3,5-13,16-18H,4,14-15,30H2,(H,31,33). The average molecular weight is 457 g/mol. The smallest absolute Gasteiger partial charge is 0.163 e. The Morgan fingerprint density at radius 2 is 1.66 bits per heavy atom. The van der Waals surface area contributed by atoms with Gasteiger partial charge < -0.3 is 5.73 Å². The molecule has 1 aliphatic rings. The van der Waals surface area contributed by atoms with Crippen LogP contribution >= 0.6 is 0 Å². The number of benzene rings is 3. The Morgan fingerprint density at radius 1 is 0.857 bits per heavy atom. The quantitative estimate of drug-likeness (QED) is 0.344. The lowest BCUT2D eigenvalue weighted by atomic mass is 9.72. The fourth-order valence-electron chi connectivity index (χ4n) is 5.08. The third-order valence-corrected chi connectivity index (χ3v) is 7.27. The van der Waals surface area contributed by atoms with Gasteiger partial charge in [0, 0.05) is 40.0 Å². The van der Waals surface area contributed by atoms with E-state index in [1.807, 2.05) is 22.7 Å². The molecule has 0 atom stereocenters. The summed E-state index contributed by atoms with van der Waals surface area (Å²) in [6, 6.07) is 27.2. The van der Waals surface area contributed by atoms with Crippen LogP contribution in [0.1, 0.15) is 24.8 Å². The van der Waals surface area contributed by atoms with Gasteiger partial charge in [0.15, 0.2) is 5.65 Å². The summed E-state index contributed by atoms with van der Waals surface area (Å²) in [6.45, 7) is 0. The van der Waals surface area contributed by atoms with E-state index in [0.29, 0.717) is 0 Å². The molecule has 6 nitrogen and oxygen atoms in total. The van der Waals surface area contributed by atoms with E-state index in [1.54, 1.807) is 6.20 Å². The summed E-state index contributed by atoms with van der Waals surface area (Å²) in [7, 11) is 0. The molecule has 0 bridgehead atoms. The van der Waals surface area contributed by atoms with Gasteiger partial charge in [-0.05, 0) is 48.6 Å². The first-order valence-electron chi connectivity index (χ1n) is 12.0. The minimum atomic E-state index is -0.178. The summed E-state index contributed by atoms with van der Waals surface area (Å²) < 4.78 is 1.89. The van der Waals surface area contributed by atoms with Crippen molar-refractivity contribution in [3.05, 3.63) is 96.8 Å². The first kappa shape index (κ1) is 20.1. The Kier molecular flexibility index (Phi) is 4.38. The molecule has 7 rings (SSSR count). The Labute approximate surface area is 202 Å². The number of hydrogen-bond acceptors (Lipinski definition) is 4. The van der Waals surface area contributed by atoms with Crippen LogP contribution in [0.5, 0.6) is 0 Å². The molecule has 3 aromatic carbocycles. The van der Waals surface area contributed by atoms with Crippen molar-refractivity contribution < 1.29 is 0 Å². The highest BCUT2D eigenvalue weighted by Gasteiger charge is 2.34. The van der Waals surface area contributed by atoms with Crippen LogP contribution in [0.25, 0.3) is 50.2 Å². The van der Waals surface area contributed by atoms with Crippen LogP contribution in [-0.4, -0.2) is 24.8 Å². The molecule has 170 valence electrons. The lowest BCUT2D eigenvalue weighted by Gasteiger charge is -2.38. The molecule has 0 radical (unpaired) electrons. The molecule has 0 unspecified atom stereocenters. The van der Waals surface area contributed by atoms with E-state index >= 15 is 0 Å². The van der Waals surface area contributed by atoms with Crippen molar-refractivity contribution in [3.63, 3.8) is 0 Å². The largest absolute Gasteiger partial charge is 0.321 e. The summed E-state index contributed by atoms with van der Waals surface area (Å²) >= 11 is 0. The molecule has 0 aliphatic heterocycles. The Hall–Kier alpha value is -4.29. The molecule has 3 aromatic heterocycles. The van der Waals surface area contributed by atoms with Gasteiger partial charge in [-0.15, -0.1) is 0 Å². The Bertz CT molecular complexity index is 1660. The fourth-order valence-corrected chi connectivity index (χ4v) is 5.08. The van der Waals surface area contributed by atoms with Gasteiger partial charge in [-0.1, -0.05) is 60.7 Å². The molecular weight excluding hydrogens is 432 g/mol. The molecule has 35 heavy (non-hydrogen) atoms. The molecule has 3 N–H and O–H groups in total. The van der Waals surface area contributed by atoms with E-state index < -0.39 is 0 Å². The van der Waals surface area contributed by atoms with Gasteiger partial charge in [0.2, 0.25) is 0 Å². The number of H-pyrrole nitrogens is 1. The number of aromatic amines is 1. The molecule has 1 fully saturated rings. The van der Waals surface area contributed by atoms with Crippen molar-refractivity contribution in [2.45, 2.75) is 24.8 Å². The lowest BCUT2D eigenvalue weighted by molar-refractivity contribution is 0.253. The number of hydrogen-bond donors (Lipinski definition) is 2. The number of aromatic nitrogens is 5. The molecule has 0 amide bonds. The number of nitrogens with two attached hydrogens (primary N) is 1. The normalized spacial score (nSPS) is 14.9. The van der Waals surface area contributed by atoms with Crippen molar-refractivity contribution >= 4 is 16.6 Å². The summed E-state index contributed by atoms with van der Waals surface area (Å²) in [6.07, 6.45) is 7.14. The van der Waals surface area contributed by atoms with E-state index in [4.69, 9.17) is 15.8 Å². The molecule has 0 spiro atoms. The maximum Gasteiger partial charge on any atom is 0.163 e. The van der Waals surface area contributed by atoms with Gasteiger partial charge in [-0.3, -0.25) is 5.10 Å². The van der Waals surface area contributed by atoms with Gasteiger partial charge in [0.05, 0.1) is 16.9 Å². The summed E-state index contributed by atoms with van der Waals surface area (Å²) in [5.41, 5.74) is 15.5. The van der Waals surface area contributed by atoms with Crippen LogP contribution in [0.4, 0.5) is 0 Å². The van der Waals surface area contributed by atoms with Gasteiger partial charge in [0.25, 0.3) is 0 Å². The second-order valence-electron chi connectivity index (χ2n) is 9.43. The van der Waals surface area contributed by atoms with Crippen molar-refractivity contribution in [1.29, 1.82) is 0 Å². The van der Waals surface area contributed by atoms with E-state index in [-0.39, 0.29) is 5.54 Å². The van der Waals surface area contributed by atoms with Crippen LogP contribution in [0.3, 0.4) is 0 Å². The van der Waals surface area contributed by atoms with Gasteiger partial charge in [-0.25, -0.2) is 9.50 Å². The van der Waals surface area contributed by atoms with Crippen molar-refractivity contribution in [2.24, 2.45) is 5.73 Å². The molecule has 6 heteroatoms. The van der Waals surface area contributed by atoms with E-state index in [0.717, 1.165) is 63.0 Å². The zero-order valence-electron chi connectivity index (χ0n) is 19.1. The van der Waals surface area contributed by atoms with Crippen molar-refractivity contribution in [1.82, 2.24) is 24.8 Å². The highest BCUT2D eigenvalue weighted by Crippen LogP contribution is 2.40. The highest BCUT2D eigenvalue weighted by atomic mass is 15.2. The summed E-state index contributed by atoms with van der Waals surface area (Å²) in [4.78, 5) is 5.20. The predicted molar refractivity (Wildman–Crippen MR) is 139 cm³/mol. The first-order chi connectivity index (χ1) is 17.2. The van der Waals surface area contributed by atoms with Crippen LogP contribution in [0.2, 0.25) is 0 Å². The monoisotopic (exact) mass is 456 g/mol. The Balaban J connectivity index is 1.44. The zero-order chi connectivity index (χ0) is 23.4. The number of nitrogens with zero attached hydrogens (tertiary/aromatic N) is 4. The second kappa shape index (κ2) is 7.61. The first-order valence-corrected chi connectivity index (χ1v) is 12.0. The van der Waals surface area contributed by atoms with Gasteiger partial charge in [-0.2, -0.15) is 10.2 Å². The van der Waals surface area contributed by atoms with Gasteiger partial charge in [0.1, 0.15) is 0 Å². The maximum atomic E-state index is 6.58. The van der Waals surface area contributed by atoms with Crippen LogP contribution in [0.15, 0.2) is 91.3 Å². The second-order valence-corrected chi connectivity index (χ2v) is 9.43. The third kappa shape index (κ3) is 3.26. The van der Waals surface area contributed by atoms with Gasteiger partial charge >= 0.3 is 0 Å². The fraction of sp³-hybridized carbons (Fsp3) is 0.138. The Morgan fingerprint density at radius 3 is 2.37 bits per heavy atom. The van der Waals surface area contributed by atoms with Crippen LogP contribution in [-0.2, 0) is 5.54 Å². The molecule has 0 saturated heterocycles. The lowest BCUT2D eigenvalue weighted by Crippen LogP contribution is -2.43.